The third-order valence-electron chi connectivity index (χ3n) is 2.58. The zero-order chi connectivity index (χ0) is 14.9. The summed E-state index contributed by atoms with van der Waals surface area (Å²) in [6.45, 7) is 1.85. The van der Waals surface area contributed by atoms with Crippen molar-refractivity contribution in [3.05, 3.63) is 45.6 Å². The average molecular weight is 293 g/mol. The Morgan fingerprint density at radius 3 is 2.65 bits per heavy atom. The van der Waals surface area contributed by atoms with Gasteiger partial charge in [0.05, 0.1) is 15.6 Å². The molecule has 7 nitrogen and oxygen atoms in total. The monoisotopic (exact) mass is 293 g/mol. The molecule has 1 heterocycles. The van der Waals surface area contributed by atoms with Crippen LogP contribution in [-0.4, -0.2) is 25.8 Å². The van der Waals surface area contributed by atoms with Crippen LogP contribution in [0, 0.1) is 17.0 Å². The first-order valence-electron chi connectivity index (χ1n) is 5.58. The quantitative estimate of drug-likeness (QED) is 0.687. The molecule has 0 saturated carbocycles. The van der Waals surface area contributed by atoms with Crippen molar-refractivity contribution >= 4 is 23.4 Å². The van der Waals surface area contributed by atoms with Gasteiger partial charge < -0.3 is 5.11 Å². The topological polar surface area (TPSA) is 98.3 Å². The number of carboxylic acid groups (broad SMARTS) is 1. The van der Waals surface area contributed by atoms with E-state index >= 15 is 0 Å². The molecular formula is C12H11N3O4S. The molecule has 0 spiro atoms. The van der Waals surface area contributed by atoms with Crippen LogP contribution in [0.2, 0.25) is 0 Å². The number of aromatic carboxylic acids is 1. The third-order valence-corrected chi connectivity index (χ3v) is 3.66. The minimum absolute atomic E-state index is 0.320. The lowest BCUT2D eigenvalue weighted by Crippen LogP contribution is -2.02. The Hall–Kier alpha value is -2.35. The number of hydrogen-bond donors (Lipinski definition) is 1. The molecule has 0 amide bonds. The van der Waals surface area contributed by atoms with Crippen molar-refractivity contribution in [3.8, 4) is 0 Å². The average Bonchev–Trinajstić information content (AvgIpc) is 2.67. The summed E-state index contributed by atoms with van der Waals surface area (Å²) in [6.07, 6.45) is 0. The number of hydrogen-bond acceptors (Lipinski definition) is 5. The van der Waals surface area contributed by atoms with Gasteiger partial charge in [0.2, 0.25) is 0 Å². The molecule has 0 saturated heterocycles. The van der Waals surface area contributed by atoms with Crippen LogP contribution in [-0.2, 0) is 7.05 Å². The van der Waals surface area contributed by atoms with E-state index in [4.69, 9.17) is 5.11 Å². The van der Waals surface area contributed by atoms with Crippen LogP contribution in [0.3, 0.4) is 0 Å². The Morgan fingerprint density at radius 1 is 1.45 bits per heavy atom. The second kappa shape index (κ2) is 5.33. The van der Waals surface area contributed by atoms with Gasteiger partial charge >= 0.3 is 5.97 Å². The molecule has 0 unspecified atom stereocenters. The highest BCUT2D eigenvalue weighted by atomic mass is 32.2. The number of carboxylic acids is 1. The highest BCUT2D eigenvalue weighted by Crippen LogP contribution is 2.31. The van der Waals surface area contributed by atoms with E-state index in [-0.39, 0.29) is 5.56 Å². The largest absolute Gasteiger partial charge is 0.477 e. The predicted octanol–water partition coefficient (Wildman–Crippen LogP) is 2.49. The van der Waals surface area contributed by atoms with Gasteiger partial charge in [0.25, 0.3) is 5.69 Å². The normalized spacial score (nSPS) is 10.5. The summed E-state index contributed by atoms with van der Waals surface area (Å²) < 4.78 is 1.67. The van der Waals surface area contributed by atoms with Gasteiger partial charge in [0.15, 0.2) is 0 Å². The van der Waals surface area contributed by atoms with Gasteiger partial charge in [-0.3, -0.25) is 14.8 Å². The molecule has 104 valence electrons. The molecule has 1 aromatic carbocycles. The summed E-state index contributed by atoms with van der Waals surface area (Å²) in [5, 5.41) is 24.8. The lowest BCUT2D eigenvalue weighted by atomic mass is 10.2. The fourth-order valence-electron chi connectivity index (χ4n) is 1.71. The Morgan fingerprint density at radius 2 is 2.15 bits per heavy atom. The molecule has 1 aromatic heterocycles. The van der Waals surface area contributed by atoms with E-state index in [9.17, 15) is 14.9 Å². The number of carbonyl (C=O) groups is 1. The van der Waals surface area contributed by atoms with Gasteiger partial charge in [-0.05, 0) is 25.1 Å². The number of nitrogens with zero attached hydrogens (tertiary/aromatic N) is 3. The summed E-state index contributed by atoms with van der Waals surface area (Å²) >= 11 is 1.30. The van der Waals surface area contributed by atoms with Crippen LogP contribution >= 0.6 is 11.8 Å². The lowest BCUT2D eigenvalue weighted by Gasteiger charge is -2.04. The van der Waals surface area contributed by atoms with Gasteiger partial charge in [0, 0.05) is 18.0 Å². The molecule has 8 heteroatoms. The Kier molecular flexibility index (Phi) is 3.75. The highest BCUT2D eigenvalue weighted by molar-refractivity contribution is 7.99. The zero-order valence-corrected chi connectivity index (χ0v) is 11.5. The van der Waals surface area contributed by atoms with Crippen molar-refractivity contribution < 1.29 is 14.8 Å². The molecule has 2 aromatic rings. The zero-order valence-electron chi connectivity index (χ0n) is 10.7. The van der Waals surface area contributed by atoms with E-state index < -0.39 is 16.6 Å². The standard InChI is InChI=1S/C12H11N3O4S/c1-7-5-11(14(2)13-7)20-8-3-4-10(15(18)19)9(6-8)12(16)17/h3-6H,1-2H3,(H,16,17). The molecule has 20 heavy (non-hydrogen) atoms. The Labute approximate surface area is 118 Å². The minimum Gasteiger partial charge on any atom is -0.477 e. The minimum atomic E-state index is -1.32. The smallest absolute Gasteiger partial charge is 0.342 e. The molecule has 0 bridgehead atoms. The maximum atomic E-state index is 11.1. The third kappa shape index (κ3) is 2.80. The molecule has 0 aliphatic rings. The summed E-state index contributed by atoms with van der Waals surface area (Å²) in [7, 11) is 1.78. The fourth-order valence-corrected chi connectivity index (χ4v) is 2.67. The second-order valence-electron chi connectivity index (χ2n) is 4.09. The van der Waals surface area contributed by atoms with Crippen molar-refractivity contribution in [3.63, 3.8) is 0 Å². The Bertz CT molecular complexity index is 696. The predicted molar refractivity (Wildman–Crippen MR) is 72.1 cm³/mol. The summed E-state index contributed by atoms with van der Waals surface area (Å²) in [6, 6.07) is 5.88. The van der Waals surface area contributed by atoms with Crippen molar-refractivity contribution in [2.24, 2.45) is 7.05 Å². The van der Waals surface area contributed by atoms with Crippen LogP contribution in [0.1, 0.15) is 16.1 Å². The van der Waals surface area contributed by atoms with Crippen molar-refractivity contribution in [2.45, 2.75) is 16.8 Å². The van der Waals surface area contributed by atoms with Gasteiger partial charge in [-0.1, -0.05) is 11.8 Å². The maximum absolute atomic E-state index is 11.1. The molecular weight excluding hydrogens is 282 g/mol. The van der Waals surface area contributed by atoms with Gasteiger partial charge in [-0.25, -0.2) is 4.79 Å². The molecule has 0 aliphatic carbocycles. The molecule has 0 atom stereocenters. The van der Waals surface area contributed by atoms with Crippen molar-refractivity contribution in [2.75, 3.05) is 0 Å². The number of aryl methyl sites for hydroxylation is 2. The molecule has 0 fully saturated rings. The molecule has 2 rings (SSSR count). The first-order valence-corrected chi connectivity index (χ1v) is 6.40. The van der Waals surface area contributed by atoms with Gasteiger partial charge in [-0.2, -0.15) is 5.10 Å². The van der Waals surface area contributed by atoms with Gasteiger partial charge in [0.1, 0.15) is 5.56 Å². The number of nitro groups is 1. The SMILES string of the molecule is Cc1cc(Sc2ccc([N+](=O)[O-])c(C(=O)O)c2)n(C)n1. The van der Waals surface area contributed by atoms with E-state index in [1.807, 2.05) is 13.0 Å². The Balaban J connectivity index is 2.39. The maximum Gasteiger partial charge on any atom is 0.342 e. The summed E-state index contributed by atoms with van der Waals surface area (Å²) in [5.41, 5.74) is 0.109. The molecule has 0 aliphatic heterocycles. The summed E-state index contributed by atoms with van der Waals surface area (Å²) in [4.78, 5) is 21.8. The van der Waals surface area contributed by atoms with Crippen molar-refractivity contribution in [1.82, 2.24) is 9.78 Å². The summed E-state index contributed by atoms with van der Waals surface area (Å²) in [5.74, 6) is -1.32. The second-order valence-corrected chi connectivity index (χ2v) is 5.18. The molecule has 0 radical (unpaired) electrons. The fraction of sp³-hybridized carbons (Fsp3) is 0.167. The number of benzene rings is 1. The first kappa shape index (κ1) is 14.1. The van der Waals surface area contributed by atoms with E-state index in [2.05, 4.69) is 5.10 Å². The van der Waals surface area contributed by atoms with Crippen LogP contribution in [0.15, 0.2) is 34.2 Å². The van der Waals surface area contributed by atoms with E-state index in [0.29, 0.717) is 4.90 Å². The first-order chi connectivity index (χ1) is 9.38. The highest BCUT2D eigenvalue weighted by Gasteiger charge is 2.20. The van der Waals surface area contributed by atoms with Crippen LogP contribution in [0.25, 0.3) is 0 Å². The van der Waals surface area contributed by atoms with Crippen LogP contribution < -0.4 is 0 Å². The van der Waals surface area contributed by atoms with E-state index in [1.165, 1.54) is 30.0 Å². The van der Waals surface area contributed by atoms with E-state index in [0.717, 1.165) is 10.7 Å². The van der Waals surface area contributed by atoms with E-state index in [1.54, 1.807) is 11.7 Å². The van der Waals surface area contributed by atoms with Crippen LogP contribution in [0.5, 0.6) is 0 Å². The molecule has 1 N–H and O–H groups in total. The van der Waals surface area contributed by atoms with Crippen LogP contribution in [0.4, 0.5) is 5.69 Å². The number of rotatable bonds is 4. The number of nitro benzene ring substituents is 1. The number of aromatic nitrogens is 2. The lowest BCUT2D eigenvalue weighted by molar-refractivity contribution is -0.385. The van der Waals surface area contributed by atoms with Gasteiger partial charge in [-0.15, -0.1) is 0 Å². The van der Waals surface area contributed by atoms with Crippen molar-refractivity contribution in [1.29, 1.82) is 0 Å².